The molecule has 10 heteroatoms. The van der Waals surface area contributed by atoms with Gasteiger partial charge in [0.15, 0.2) is 9.84 Å². The third-order valence-electron chi connectivity index (χ3n) is 2.40. The summed E-state index contributed by atoms with van der Waals surface area (Å²) in [6.07, 6.45) is 0.928. The molecule has 0 unspecified atom stereocenters. The van der Waals surface area contributed by atoms with E-state index in [1.165, 1.54) is 18.2 Å². The van der Waals surface area contributed by atoms with Gasteiger partial charge in [0.25, 0.3) is 0 Å². The summed E-state index contributed by atoms with van der Waals surface area (Å²) in [5.41, 5.74) is 6.06. The SMILES string of the molecule is CS(=O)(=O)CCS(=O)(=O)CC(=O)Nc1ccc(Cl)cc1N. The first-order valence-corrected chi connectivity index (χ1v) is 9.97. The first kappa shape index (κ1) is 17.7. The van der Waals surface area contributed by atoms with Gasteiger partial charge in [-0.1, -0.05) is 11.6 Å². The molecule has 7 nitrogen and oxygen atoms in total. The van der Waals surface area contributed by atoms with Crippen LogP contribution in [-0.4, -0.2) is 46.3 Å². The molecule has 0 radical (unpaired) electrons. The molecule has 0 heterocycles. The molecule has 0 atom stereocenters. The third kappa shape index (κ3) is 6.78. The molecule has 0 fully saturated rings. The normalized spacial score (nSPS) is 12.1. The molecule has 1 amide bonds. The van der Waals surface area contributed by atoms with E-state index < -0.39 is 42.8 Å². The highest BCUT2D eigenvalue weighted by Gasteiger charge is 2.19. The number of carbonyl (C=O) groups excluding carboxylic acids is 1. The summed E-state index contributed by atoms with van der Waals surface area (Å²) >= 11 is 5.70. The van der Waals surface area contributed by atoms with E-state index >= 15 is 0 Å². The van der Waals surface area contributed by atoms with E-state index in [0.29, 0.717) is 5.02 Å². The highest BCUT2D eigenvalue weighted by atomic mass is 35.5. The average Bonchev–Trinajstić information content (AvgIpc) is 2.29. The molecule has 1 aromatic carbocycles. The first-order chi connectivity index (χ1) is 9.48. The molecular formula is C11H15ClN2O5S2. The van der Waals surface area contributed by atoms with Crippen LogP contribution >= 0.6 is 11.6 Å². The number of nitrogens with one attached hydrogen (secondary N) is 1. The minimum Gasteiger partial charge on any atom is -0.397 e. The van der Waals surface area contributed by atoms with Crippen molar-refractivity contribution in [2.24, 2.45) is 0 Å². The Bertz CT molecular complexity index is 744. The van der Waals surface area contributed by atoms with E-state index in [9.17, 15) is 21.6 Å². The second-order valence-corrected chi connectivity index (χ2v) is 9.38. The molecule has 21 heavy (non-hydrogen) atoms. The van der Waals surface area contributed by atoms with Gasteiger partial charge in [0.2, 0.25) is 5.91 Å². The summed E-state index contributed by atoms with van der Waals surface area (Å²) < 4.78 is 45.2. The first-order valence-electron chi connectivity index (χ1n) is 5.71. The predicted octanol–water partition coefficient (Wildman–Crippen LogP) is 0.320. The second kappa shape index (κ2) is 6.63. The zero-order chi connectivity index (χ0) is 16.3. The molecular weight excluding hydrogens is 340 g/mol. The largest absolute Gasteiger partial charge is 0.397 e. The van der Waals surface area contributed by atoms with E-state index in [1.54, 1.807) is 0 Å². The molecule has 0 saturated heterocycles. The Hall–Kier alpha value is -1.32. The minimum absolute atomic E-state index is 0.199. The average molecular weight is 355 g/mol. The molecule has 0 spiro atoms. The maximum Gasteiger partial charge on any atom is 0.239 e. The van der Waals surface area contributed by atoms with Crippen molar-refractivity contribution in [1.29, 1.82) is 0 Å². The molecule has 0 bridgehead atoms. The van der Waals surface area contributed by atoms with Crippen LogP contribution < -0.4 is 11.1 Å². The number of hydrogen-bond donors (Lipinski definition) is 2. The Morgan fingerprint density at radius 2 is 1.86 bits per heavy atom. The summed E-state index contributed by atoms with van der Waals surface area (Å²) in [7, 11) is -7.22. The van der Waals surface area contributed by atoms with Gasteiger partial charge in [-0.15, -0.1) is 0 Å². The lowest BCUT2D eigenvalue weighted by Gasteiger charge is -2.08. The number of anilines is 2. The molecule has 3 N–H and O–H groups in total. The molecule has 0 saturated carbocycles. The Kier molecular flexibility index (Phi) is 5.60. The van der Waals surface area contributed by atoms with Crippen LogP contribution in [0.4, 0.5) is 11.4 Å². The monoisotopic (exact) mass is 354 g/mol. The number of rotatable bonds is 6. The Labute approximate surface area is 128 Å². The zero-order valence-corrected chi connectivity index (χ0v) is 13.6. The lowest BCUT2D eigenvalue weighted by Crippen LogP contribution is -2.27. The van der Waals surface area contributed by atoms with Crippen molar-refractivity contribution in [2.45, 2.75) is 0 Å². The highest BCUT2D eigenvalue weighted by Crippen LogP contribution is 2.22. The number of nitrogen functional groups attached to an aromatic ring is 1. The Balaban J connectivity index is 2.68. The van der Waals surface area contributed by atoms with Gasteiger partial charge in [0.1, 0.15) is 15.6 Å². The van der Waals surface area contributed by atoms with Crippen LogP contribution in [0, 0.1) is 0 Å². The zero-order valence-electron chi connectivity index (χ0n) is 11.2. The Morgan fingerprint density at radius 1 is 1.24 bits per heavy atom. The van der Waals surface area contributed by atoms with Crippen LogP contribution in [-0.2, 0) is 24.5 Å². The van der Waals surface area contributed by atoms with Crippen molar-refractivity contribution in [1.82, 2.24) is 0 Å². The number of benzene rings is 1. The molecule has 118 valence electrons. The van der Waals surface area contributed by atoms with Crippen LogP contribution in [0.25, 0.3) is 0 Å². The van der Waals surface area contributed by atoms with Crippen LogP contribution in [0.3, 0.4) is 0 Å². The van der Waals surface area contributed by atoms with Crippen LogP contribution in [0.5, 0.6) is 0 Å². The highest BCUT2D eigenvalue weighted by molar-refractivity contribution is 7.95. The molecule has 0 aromatic heterocycles. The lowest BCUT2D eigenvalue weighted by atomic mass is 10.2. The van der Waals surface area contributed by atoms with E-state index in [0.717, 1.165) is 6.26 Å². The summed E-state index contributed by atoms with van der Waals surface area (Å²) in [5.74, 6) is -2.73. The number of hydrogen-bond acceptors (Lipinski definition) is 6. The van der Waals surface area contributed by atoms with Gasteiger partial charge in [-0.25, -0.2) is 16.8 Å². The second-order valence-electron chi connectivity index (χ2n) is 4.50. The van der Waals surface area contributed by atoms with Crippen LogP contribution in [0.2, 0.25) is 5.02 Å². The molecule has 1 rings (SSSR count). The van der Waals surface area contributed by atoms with Crippen molar-refractivity contribution in [3.05, 3.63) is 23.2 Å². The van der Waals surface area contributed by atoms with Gasteiger partial charge in [-0.2, -0.15) is 0 Å². The van der Waals surface area contributed by atoms with Gasteiger partial charge in [0, 0.05) is 11.3 Å². The third-order valence-corrected chi connectivity index (χ3v) is 5.37. The fourth-order valence-electron chi connectivity index (χ4n) is 1.38. The molecule has 0 aliphatic carbocycles. The maximum atomic E-state index is 11.7. The maximum absolute atomic E-state index is 11.7. The van der Waals surface area contributed by atoms with E-state index in [4.69, 9.17) is 17.3 Å². The number of amides is 1. The summed E-state index contributed by atoms with van der Waals surface area (Å²) in [5, 5.41) is 2.72. The van der Waals surface area contributed by atoms with E-state index in [2.05, 4.69) is 5.32 Å². The van der Waals surface area contributed by atoms with Gasteiger partial charge >= 0.3 is 0 Å². The lowest BCUT2D eigenvalue weighted by molar-refractivity contribution is -0.113. The van der Waals surface area contributed by atoms with Gasteiger partial charge in [0.05, 0.1) is 22.9 Å². The van der Waals surface area contributed by atoms with Gasteiger partial charge in [-0.05, 0) is 18.2 Å². The van der Waals surface area contributed by atoms with Crippen LogP contribution in [0.15, 0.2) is 18.2 Å². The standard InChI is InChI=1S/C11H15ClN2O5S2/c1-20(16,17)4-5-21(18,19)7-11(15)14-10-3-2-8(12)6-9(10)13/h2-3,6H,4-5,7,13H2,1H3,(H,14,15). The number of halogens is 1. The number of sulfone groups is 2. The van der Waals surface area contributed by atoms with Crippen LogP contribution in [0.1, 0.15) is 0 Å². The quantitative estimate of drug-likeness (QED) is 0.709. The van der Waals surface area contributed by atoms with Crippen molar-refractivity contribution < 1.29 is 21.6 Å². The number of carbonyl (C=O) groups is 1. The Morgan fingerprint density at radius 3 is 2.38 bits per heavy atom. The fourth-order valence-corrected chi connectivity index (χ4v) is 4.41. The van der Waals surface area contributed by atoms with E-state index in [-0.39, 0.29) is 11.4 Å². The summed E-state index contributed by atoms with van der Waals surface area (Å²) in [4.78, 5) is 11.7. The molecule has 0 aliphatic heterocycles. The topological polar surface area (TPSA) is 123 Å². The fraction of sp³-hybridized carbons (Fsp3) is 0.364. The number of nitrogens with two attached hydrogens (primary N) is 1. The van der Waals surface area contributed by atoms with Crippen molar-refractivity contribution in [2.75, 3.05) is 34.6 Å². The molecule has 1 aromatic rings. The van der Waals surface area contributed by atoms with E-state index in [1.807, 2.05) is 0 Å². The summed E-state index contributed by atoms with van der Waals surface area (Å²) in [6, 6.07) is 4.35. The van der Waals surface area contributed by atoms with Gasteiger partial charge < -0.3 is 11.1 Å². The van der Waals surface area contributed by atoms with Crippen molar-refractivity contribution in [3.8, 4) is 0 Å². The predicted molar refractivity (Wildman–Crippen MR) is 82.9 cm³/mol. The minimum atomic E-state index is -3.81. The van der Waals surface area contributed by atoms with Crippen molar-refractivity contribution in [3.63, 3.8) is 0 Å². The summed E-state index contributed by atoms with van der Waals surface area (Å²) in [6.45, 7) is 0. The molecule has 0 aliphatic rings. The van der Waals surface area contributed by atoms with Crippen molar-refractivity contribution >= 4 is 48.6 Å². The van der Waals surface area contributed by atoms with Gasteiger partial charge in [-0.3, -0.25) is 4.79 Å². The smallest absolute Gasteiger partial charge is 0.239 e.